The Kier molecular flexibility index (Phi) is 8.98. The molecule has 114 valence electrons. The van der Waals surface area contributed by atoms with E-state index >= 15 is 0 Å². The fourth-order valence-corrected chi connectivity index (χ4v) is 2.16. The molecule has 2 N–H and O–H groups in total. The monoisotopic (exact) mass is 382 g/mol. The predicted octanol–water partition coefficient (Wildman–Crippen LogP) is 2.30. The van der Waals surface area contributed by atoms with Crippen LogP contribution in [-0.2, 0) is 0 Å². The fourth-order valence-electron chi connectivity index (χ4n) is 2.16. The summed E-state index contributed by atoms with van der Waals surface area (Å²) in [7, 11) is 1.87. The van der Waals surface area contributed by atoms with Gasteiger partial charge in [0.2, 0.25) is 0 Å². The number of halogens is 1. The van der Waals surface area contributed by atoms with Gasteiger partial charge in [-0.3, -0.25) is 4.99 Å². The lowest BCUT2D eigenvalue weighted by Crippen LogP contribution is -2.48. The first kappa shape index (κ1) is 19.0. The van der Waals surface area contributed by atoms with Gasteiger partial charge in [-0.25, -0.2) is 0 Å². The molecule has 19 heavy (non-hydrogen) atoms. The van der Waals surface area contributed by atoms with Crippen molar-refractivity contribution in [1.82, 2.24) is 15.5 Å². The van der Waals surface area contributed by atoms with Crippen LogP contribution in [0.3, 0.4) is 0 Å². The van der Waals surface area contributed by atoms with E-state index in [1.165, 1.54) is 12.8 Å². The second-order valence-electron chi connectivity index (χ2n) is 6.32. The summed E-state index contributed by atoms with van der Waals surface area (Å²) in [6, 6.07) is 0. The van der Waals surface area contributed by atoms with Crippen molar-refractivity contribution in [2.45, 2.75) is 46.1 Å². The van der Waals surface area contributed by atoms with Gasteiger partial charge < -0.3 is 15.5 Å². The van der Waals surface area contributed by atoms with E-state index in [-0.39, 0.29) is 29.5 Å². The van der Waals surface area contributed by atoms with Gasteiger partial charge in [-0.05, 0) is 39.5 Å². The van der Waals surface area contributed by atoms with Crippen LogP contribution in [0, 0.1) is 5.92 Å². The zero-order chi connectivity index (χ0) is 13.6. The number of likely N-dealkylation sites (tertiary alicyclic amines) is 1. The summed E-state index contributed by atoms with van der Waals surface area (Å²) >= 11 is 0. The van der Waals surface area contributed by atoms with Crippen LogP contribution in [0.4, 0.5) is 0 Å². The Hall–Kier alpha value is -0.0400. The normalized spacial score (nSPS) is 18.2. The summed E-state index contributed by atoms with van der Waals surface area (Å²) < 4.78 is 0. The van der Waals surface area contributed by atoms with Crippen LogP contribution in [0.1, 0.15) is 40.5 Å². The van der Waals surface area contributed by atoms with Crippen LogP contribution in [0.2, 0.25) is 0 Å². The molecule has 5 heteroatoms. The Labute approximate surface area is 135 Å². The molecular formula is C14H31IN4. The average molecular weight is 382 g/mol. The Morgan fingerprint density at radius 3 is 2.26 bits per heavy atom. The van der Waals surface area contributed by atoms with Crippen molar-refractivity contribution in [3.63, 3.8) is 0 Å². The molecule has 0 atom stereocenters. The molecule has 0 aromatic rings. The number of nitrogens with one attached hydrogen (secondary N) is 2. The maximum Gasteiger partial charge on any atom is 0.193 e. The molecule has 0 bridgehead atoms. The molecule has 1 aliphatic rings. The molecule has 1 rings (SSSR count). The molecule has 0 spiro atoms. The second-order valence-corrected chi connectivity index (χ2v) is 6.32. The number of hydrogen-bond donors (Lipinski definition) is 2. The van der Waals surface area contributed by atoms with Crippen LogP contribution in [-0.4, -0.2) is 49.6 Å². The smallest absolute Gasteiger partial charge is 0.193 e. The Morgan fingerprint density at radius 2 is 1.79 bits per heavy atom. The van der Waals surface area contributed by atoms with E-state index < -0.39 is 0 Å². The first-order chi connectivity index (χ1) is 8.42. The van der Waals surface area contributed by atoms with E-state index in [0.717, 1.165) is 38.1 Å². The van der Waals surface area contributed by atoms with Gasteiger partial charge in [0, 0.05) is 38.8 Å². The maximum absolute atomic E-state index is 4.37. The molecule has 0 saturated carbocycles. The fraction of sp³-hybridized carbons (Fsp3) is 0.929. The molecule has 0 radical (unpaired) electrons. The molecule has 0 unspecified atom stereocenters. The molecule has 0 aliphatic carbocycles. The molecule has 1 aliphatic heterocycles. The number of aliphatic imine (C=N–C) groups is 1. The van der Waals surface area contributed by atoms with E-state index in [0.29, 0.717) is 0 Å². The van der Waals surface area contributed by atoms with Crippen molar-refractivity contribution in [2.24, 2.45) is 10.9 Å². The Bertz CT molecular complexity index is 265. The van der Waals surface area contributed by atoms with Crippen LogP contribution in [0.5, 0.6) is 0 Å². The van der Waals surface area contributed by atoms with Gasteiger partial charge in [0.05, 0.1) is 0 Å². The van der Waals surface area contributed by atoms with Crippen molar-refractivity contribution in [3.8, 4) is 0 Å². The average Bonchev–Trinajstić information content (AvgIpc) is 2.29. The van der Waals surface area contributed by atoms with Crippen molar-refractivity contribution in [2.75, 3.05) is 33.2 Å². The standard InChI is InChI=1S/C14H30N4.HI/c1-12-6-10-18(11-7-12)13(15-5)16-8-9-17-14(2,3)4;/h12,17H,6-11H2,1-5H3,(H,15,16);1H. The highest BCUT2D eigenvalue weighted by molar-refractivity contribution is 14.0. The van der Waals surface area contributed by atoms with Gasteiger partial charge in [-0.1, -0.05) is 6.92 Å². The highest BCUT2D eigenvalue weighted by Crippen LogP contribution is 2.15. The van der Waals surface area contributed by atoms with Crippen molar-refractivity contribution in [1.29, 1.82) is 0 Å². The maximum atomic E-state index is 4.37. The van der Waals surface area contributed by atoms with Crippen molar-refractivity contribution >= 4 is 29.9 Å². The van der Waals surface area contributed by atoms with Crippen molar-refractivity contribution in [3.05, 3.63) is 0 Å². The minimum absolute atomic E-state index is 0. The lowest BCUT2D eigenvalue weighted by Gasteiger charge is -2.33. The number of nitrogens with zero attached hydrogens (tertiary/aromatic N) is 2. The summed E-state index contributed by atoms with van der Waals surface area (Å²) in [6.07, 6.45) is 2.56. The second kappa shape index (κ2) is 9.00. The SMILES string of the molecule is CN=C(NCCNC(C)(C)C)N1CCC(C)CC1.I. The molecule has 0 aromatic carbocycles. The van der Waals surface area contributed by atoms with Gasteiger partial charge >= 0.3 is 0 Å². The molecule has 0 aromatic heterocycles. The van der Waals surface area contributed by atoms with Crippen LogP contribution in [0.25, 0.3) is 0 Å². The van der Waals surface area contributed by atoms with Crippen molar-refractivity contribution < 1.29 is 0 Å². The predicted molar refractivity (Wildman–Crippen MR) is 94.5 cm³/mol. The Balaban J connectivity index is 0.00000324. The minimum Gasteiger partial charge on any atom is -0.355 e. The lowest BCUT2D eigenvalue weighted by molar-refractivity contribution is 0.273. The van der Waals surface area contributed by atoms with Crippen LogP contribution < -0.4 is 10.6 Å². The number of hydrogen-bond acceptors (Lipinski definition) is 2. The first-order valence-corrected chi connectivity index (χ1v) is 7.13. The van der Waals surface area contributed by atoms with Gasteiger partial charge in [0.25, 0.3) is 0 Å². The topological polar surface area (TPSA) is 39.7 Å². The summed E-state index contributed by atoms with van der Waals surface area (Å²) in [6.45, 7) is 13.1. The summed E-state index contributed by atoms with van der Waals surface area (Å²) in [5.74, 6) is 1.92. The molecular weight excluding hydrogens is 351 g/mol. The van der Waals surface area contributed by atoms with Crippen LogP contribution >= 0.6 is 24.0 Å². The van der Waals surface area contributed by atoms with Crippen LogP contribution in [0.15, 0.2) is 4.99 Å². The zero-order valence-corrected chi connectivity index (χ0v) is 15.5. The quantitative estimate of drug-likeness (QED) is 0.341. The number of piperidine rings is 1. The molecule has 1 fully saturated rings. The highest BCUT2D eigenvalue weighted by atomic mass is 127. The third-order valence-electron chi connectivity index (χ3n) is 3.36. The minimum atomic E-state index is 0. The number of rotatable bonds is 3. The largest absolute Gasteiger partial charge is 0.355 e. The first-order valence-electron chi connectivity index (χ1n) is 7.13. The summed E-state index contributed by atoms with van der Waals surface area (Å²) in [5, 5.41) is 6.92. The van der Waals surface area contributed by atoms with E-state index in [9.17, 15) is 0 Å². The third-order valence-corrected chi connectivity index (χ3v) is 3.36. The van der Waals surface area contributed by atoms with E-state index in [4.69, 9.17) is 0 Å². The van der Waals surface area contributed by atoms with E-state index in [1.54, 1.807) is 0 Å². The molecule has 0 amide bonds. The molecule has 1 saturated heterocycles. The van der Waals surface area contributed by atoms with Gasteiger partial charge in [0.1, 0.15) is 0 Å². The third kappa shape index (κ3) is 7.97. The van der Waals surface area contributed by atoms with Gasteiger partial charge in [0.15, 0.2) is 5.96 Å². The van der Waals surface area contributed by atoms with E-state index in [1.807, 2.05) is 7.05 Å². The number of guanidine groups is 1. The zero-order valence-electron chi connectivity index (χ0n) is 13.1. The molecule has 4 nitrogen and oxygen atoms in total. The Morgan fingerprint density at radius 1 is 1.21 bits per heavy atom. The summed E-state index contributed by atoms with van der Waals surface area (Å²) in [5.41, 5.74) is 0.186. The van der Waals surface area contributed by atoms with Gasteiger partial charge in [-0.2, -0.15) is 0 Å². The lowest BCUT2D eigenvalue weighted by atomic mass is 10.00. The summed E-state index contributed by atoms with van der Waals surface area (Å²) in [4.78, 5) is 6.75. The van der Waals surface area contributed by atoms with E-state index in [2.05, 4.69) is 48.2 Å². The van der Waals surface area contributed by atoms with Gasteiger partial charge in [-0.15, -0.1) is 24.0 Å². The highest BCUT2D eigenvalue weighted by Gasteiger charge is 2.18. The molecule has 1 heterocycles.